The van der Waals surface area contributed by atoms with Crippen molar-refractivity contribution in [1.82, 2.24) is 15.0 Å². The van der Waals surface area contributed by atoms with Crippen LogP contribution in [0.3, 0.4) is 0 Å². The first-order chi connectivity index (χ1) is 24.7. The molecular formula is C44H26N4S2. The van der Waals surface area contributed by atoms with Crippen LogP contribution < -0.4 is 4.90 Å². The maximum Gasteiger partial charge on any atom is 0.113 e. The van der Waals surface area contributed by atoms with Crippen LogP contribution in [0.5, 0.6) is 0 Å². The number of aromatic nitrogens is 3. The molecule has 4 nitrogen and oxygen atoms in total. The predicted octanol–water partition coefficient (Wildman–Crippen LogP) is 12.9. The van der Waals surface area contributed by atoms with Crippen molar-refractivity contribution < 1.29 is 0 Å². The second kappa shape index (κ2) is 10.7. The van der Waals surface area contributed by atoms with Gasteiger partial charge in [-0.2, -0.15) is 4.80 Å². The molecule has 0 fully saturated rings. The molecule has 0 aliphatic carbocycles. The lowest BCUT2D eigenvalue weighted by atomic mass is 10.0. The zero-order valence-corrected chi connectivity index (χ0v) is 28.2. The summed E-state index contributed by atoms with van der Waals surface area (Å²) < 4.78 is 5.28. The molecule has 11 aromatic rings. The van der Waals surface area contributed by atoms with Gasteiger partial charge >= 0.3 is 0 Å². The molecule has 0 unspecified atom stereocenters. The van der Waals surface area contributed by atoms with Crippen LogP contribution in [0.4, 0.5) is 17.1 Å². The first-order valence-electron chi connectivity index (χ1n) is 16.6. The summed E-state index contributed by atoms with van der Waals surface area (Å²) in [4.78, 5) is 4.08. The Labute approximate surface area is 294 Å². The lowest BCUT2D eigenvalue weighted by Crippen LogP contribution is -2.10. The van der Waals surface area contributed by atoms with Gasteiger partial charge in [-0.3, -0.25) is 0 Å². The monoisotopic (exact) mass is 674 g/mol. The second-order valence-electron chi connectivity index (χ2n) is 12.8. The summed E-state index contributed by atoms with van der Waals surface area (Å²) in [6, 6.07) is 57.0. The van der Waals surface area contributed by atoms with E-state index < -0.39 is 0 Å². The summed E-state index contributed by atoms with van der Waals surface area (Å²) in [5.74, 6) is 0. The summed E-state index contributed by atoms with van der Waals surface area (Å²) in [5.41, 5.74) is 5.95. The van der Waals surface area contributed by atoms with E-state index in [2.05, 4.69) is 138 Å². The lowest BCUT2D eigenvalue weighted by molar-refractivity contribution is 0.766. The number of hydrogen-bond donors (Lipinski definition) is 0. The summed E-state index contributed by atoms with van der Waals surface area (Å²) in [6.07, 6.45) is 0. The van der Waals surface area contributed by atoms with E-state index in [1.807, 2.05) is 46.9 Å². The molecule has 0 aliphatic rings. The van der Waals surface area contributed by atoms with Crippen LogP contribution >= 0.6 is 22.7 Å². The number of rotatable bonds is 4. The highest BCUT2D eigenvalue weighted by molar-refractivity contribution is 7.26. The summed E-state index contributed by atoms with van der Waals surface area (Å²) in [6.45, 7) is 0. The summed E-state index contributed by atoms with van der Waals surface area (Å²) >= 11 is 3.73. The molecule has 0 aliphatic heterocycles. The SMILES string of the molecule is c1ccc2nn(-c3ccc(N(c4ccc5cc6sc7ccccc7c6cc5c4)c4ccc5cc6sc7ccccc7c6cc5c4)cc3)nc2c1. The van der Waals surface area contributed by atoms with Crippen molar-refractivity contribution in [3.63, 3.8) is 0 Å². The van der Waals surface area contributed by atoms with E-state index in [0.29, 0.717) is 0 Å². The van der Waals surface area contributed by atoms with Crippen molar-refractivity contribution >= 4 is 113 Å². The Balaban J connectivity index is 1.09. The van der Waals surface area contributed by atoms with E-state index in [1.54, 1.807) is 4.80 Å². The molecule has 234 valence electrons. The van der Waals surface area contributed by atoms with Crippen LogP contribution in [0, 0.1) is 0 Å². The second-order valence-corrected chi connectivity index (χ2v) is 15.0. The maximum atomic E-state index is 4.72. The Bertz CT molecular complexity index is 2930. The van der Waals surface area contributed by atoms with Crippen LogP contribution in [0.2, 0.25) is 0 Å². The van der Waals surface area contributed by atoms with Crippen LogP contribution in [-0.4, -0.2) is 15.0 Å². The molecule has 0 atom stereocenters. The highest BCUT2D eigenvalue weighted by Crippen LogP contribution is 2.42. The van der Waals surface area contributed by atoms with E-state index in [4.69, 9.17) is 10.2 Å². The Kier molecular flexibility index (Phi) is 5.96. The van der Waals surface area contributed by atoms with Crippen molar-refractivity contribution in [2.24, 2.45) is 0 Å². The molecule has 3 aromatic heterocycles. The first kappa shape index (κ1) is 27.8. The smallest absolute Gasteiger partial charge is 0.113 e. The molecule has 0 saturated heterocycles. The zero-order chi connectivity index (χ0) is 32.8. The Hall–Kier alpha value is -6.08. The fourth-order valence-corrected chi connectivity index (χ4v) is 9.62. The van der Waals surface area contributed by atoms with E-state index in [1.165, 1.54) is 61.9 Å². The van der Waals surface area contributed by atoms with Gasteiger partial charge in [-0.15, -0.1) is 32.9 Å². The average Bonchev–Trinajstić information content (AvgIpc) is 3.86. The van der Waals surface area contributed by atoms with Crippen molar-refractivity contribution in [3.05, 3.63) is 158 Å². The largest absolute Gasteiger partial charge is 0.310 e. The minimum Gasteiger partial charge on any atom is -0.310 e. The predicted molar refractivity (Wildman–Crippen MR) is 214 cm³/mol. The quantitative estimate of drug-likeness (QED) is 0.186. The molecular weight excluding hydrogens is 649 g/mol. The van der Waals surface area contributed by atoms with Gasteiger partial charge in [-0.25, -0.2) is 0 Å². The van der Waals surface area contributed by atoms with Crippen molar-refractivity contribution in [2.75, 3.05) is 4.90 Å². The van der Waals surface area contributed by atoms with Gasteiger partial charge in [0.15, 0.2) is 0 Å². The molecule has 0 spiro atoms. The fraction of sp³-hybridized carbons (Fsp3) is 0. The fourth-order valence-electron chi connectivity index (χ4n) is 7.35. The highest BCUT2D eigenvalue weighted by atomic mass is 32.1. The van der Waals surface area contributed by atoms with Crippen molar-refractivity contribution in [3.8, 4) is 5.69 Å². The Morgan fingerprint density at radius 2 is 0.860 bits per heavy atom. The Morgan fingerprint density at radius 3 is 1.40 bits per heavy atom. The molecule has 0 amide bonds. The molecule has 0 N–H and O–H groups in total. The topological polar surface area (TPSA) is 34.0 Å². The zero-order valence-electron chi connectivity index (χ0n) is 26.6. The molecule has 0 radical (unpaired) electrons. The standard InChI is InChI=1S/C44H26N4S2/c1-5-11-41-35(7-1)37-23-29-21-33(15-13-27(29)25-43(37)49-41)47(31-17-19-32(20-18-31)48-45-39-9-3-4-10-40(39)46-48)34-16-14-28-26-44-38(24-30(28)22-34)36-8-2-6-12-42(36)50-44/h1-26H. The molecule has 3 heterocycles. The Morgan fingerprint density at radius 1 is 0.380 bits per heavy atom. The van der Waals surface area contributed by atoms with Crippen molar-refractivity contribution in [1.29, 1.82) is 0 Å². The third-order valence-corrected chi connectivity index (χ3v) is 12.0. The lowest BCUT2D eigenvalue weighted by Gasteiger charge is -2.26. The molecule has 0 saturated carbocycles. The first-order valence-corrected chi connectivity index (χ1v) is 18.3. The van der Waals surface area contributed by atoms with E-state index in [-0.39, 0.29) is 0 Å². The third-order valence-electron chi connectivity index (χ3n) is 9.78. The maximum absolute atomic E-state index is 4.72. The molecule has 0 bridgehead atoms. The molecule has 6 heteroatoms. The van der Waals surface area contributed by atoms with Crippen molar-refractivity contribution in [2.45, 2.75) is 0 Å². The van der Waals surface area contributed by atoms with Gasteiger partial charge in [0, 0.05) is 57.4 Å². The van der Waals surface area contributed by atoms with Crippen LogP contribution in [-0.2, 0) is 0 Å². The van der Waals surface area contributed by atoms with E-state index >= 15 is 0 Å². The van der Waals surface area contributed by atoms with Gasteiger partial charge in [0.2, 0.25) is 0 Å². The minimum absolute atomic E-state index is 0.880. The van der Waals surface area contributed by atoms with Gasteiger partial charge in [0.25, 0.3) is 0 Å². The van der Waals surface area contributed by atoms with Crippen LogP contribution in [0.1, 0.15) is 0 Å². The van der Waals surface area contributed by atoms with Crippen LogP contribution in [0.15, 0.2) is 158 Å². The molecule has 8 aromatic carbocycles. The number of fused-ring (bicyclic) bond motifs is 9. The number of nitrogens with zero attached hydrogens (tertiary/aromatic N) is 4. The summed E-state index contributed by atoms with van der Waals surface area (Å²) in [7, 11) is 0. The van der Waals surface area contributed by atoms with Crippen LogP contribution in [0.25, 0.3) is 78.6 Å². The van der Waals surface area contributed by atoms with Gasteiger partial charge in [-0.1, -0.05) is 60.7 Å². The minimum atomic E-state index is 0.880. The van der Waals surface area contributed by atoms with E-state index in [9.17, 15) is 0 Å². The van der Waals surface area contributed by atoms with Gasteiger partial charge < -0.3 is 4.90 Å². The number of hydrogen-bond acceptors (Lipinski definition) is 5. The normalized spacial score (nSPS) is 12.0. The number of benzene rings is 8. The summed E-state index contributed by atoms with van der Waals surface area (Å²) in [5, 5.41) is 19.6. The third kappa shape index (κ3) is 4.36. The number of anilines is 3. The molecule has 50 heavy (non-hydrogen) atoms. The number of thiophene rings is 2. The van der Waals surface area contributed by atoms with Gasteiger partial charge in [-0.05, 0) is 119 Å². The average molecular weight is 675 g/mol. The van der Waals surface area contributed by atoms with Gasteiger partial charge in [0.05, 0.1) is 5.69 Å². The molecule has 11 rings (SSSR count). The van der Waals surface area contributed by atoms with E-state index in [0.717, 1.165) is 33.8 Å². The van der Waals surface area contributed by atoms with Gasteiger partial charge in [0.1, 0.15) is 11.0 Å². The highest BCUT2D eigenvalue weighted by Gasteiger charge is 2.17.